The van der Waals surface area contributed by atoms with E-state index in [0.717, 1.165) is 6.42 Å². The van der Waals surface area contributed by atoms with E-state index in [1.54, 1.807) is 0 Å². The molecule has 126 valence electrons. The smallest absolute Gasteiger partial charge is 0.242 e. The summed E-state index contributed by atoms with van der Waals surface area (Å²) in [6.45, 7) is 5.59. The molecule has 0 saturated carbocycles. The van der Waals surface area contributed by atoms with Crippen LogP contribution in [0.3, 0.4) is 0 Å². The van der Waals surface area contributed by atoms with Crippen molar-refractivity contribution in [3.8, 4) is 0 Å². The van der Waals surface area contributed by atoms with E-state index < -0.39 is 5.41 Å². The molecule has 0 fully saturated rings. The average Bonchev–Trinajstić information content (AvgIpc) is 2.61. The van der Waals surface area contributed by atoms with Crippen molar-refractivity contribution < 1.29 is 9.59 Å². The zero-order valence-electron chi connectivity index (χ0n) is 14.1. The Morgan fingerprint density at radius 2 is 1.87 bits per heavy atom. The van der Waals surface area contributed by atoms with Crippen molar-refractivity contribution in [1.82, 2.24) is 10.2 Å². The fraction of sp³-hybridized carbons (Fsp3) is 0.556. The van der Waals surface area contributed by atoms with Gasteiger partial charge in [-0.3, -0.25) is 9.59 Å². The lowest BCUT2D eigenvalue weighted by molar-refractivity contribution is -0.137. The second-order valence-corrected chi connectivity index (χ2v) is 6.21. The molecule has 2 amide bonds. The van der Waals surface area contributed by atoms with Crippen LogP contribution in [0.4, 0.5) is 0 Å². The summed E-state index contributed by atoms with van der Waals surface area (Å²) < 4.78 is 0. The van der Waals surface area contributed by atoms with Crippen LogP contribution in [0.1, 0.15) is 37.8 Å². The summed E-state index contributed by atoms with van der Waals surface area (Å²) in [6, 6.07) is 8.18. The highest BCUT2D eigenvalue weighted by Gasteiger charge is 2.33. The molecule has 5 heteroatoms. The zero-order chi connectivity index (χ0) is 16.9. The summed E-state index contributed by atoms with van der Waals surface area (Å²) in [7, 11) is 0. The van der Waals surface area contributed by atoms with E-state index >= 15 is 0 Å². The van der Waals surface area contributed by atoms with Crippen LogP contribution in [0.25, 0.3) is 0 Å². The first-order valence-electron chi connectivity index (χ1n) is 8.39. The number of hydrogen-bond donors (Lipinski definition) is 2. The monoisotopic (exact) mass is 317 g/mol. The molecule has 0 aliphatic carbocycles. The van der Waals surface area contributed by atoms with E-state index in [9.17, 15) is 9.59 Å². The highest BCUT2D eigenvalue weighted by molar-refractivity contribution is 5.88. The van der Waals surface area contributed by atoms with Crippen LogP contribution in [-0.4, -0.2) is 36.3 Å². The van der Waals surface area contributed by atoms with Gasteiger partial charge in [0.25, 0.3) is 0 Å². The number of hydrogen-bond acceptors (Lipinski definition) is 3. The zero-order valence-corrected chi connectivity index (χ0v) is 14.1. The number of carbonyl (C=O) groups excluding carboxylic acids is 2. The Hall–Kier alpha value is -1.88. The molecular weight excluding hydrogens is 290 g/mol. The standard InChI is InChI=1S/C18H27N3O2/c1-3-18(4-2,13-19)17(23)20-11-16(22)21-10-9-14-7-5-6-8-15(14)12-21/h5-8H,3-4,9-13,19H2,1-2H3,(H,20,23). The molecule has 1 aliphatic rings. The molecule has 0 unspecified atom stereocenters. The van der Waals surface area contributed by atoms with Crippen molar-refractivity contribution in [2.75, 3.05) is 19.6 Å². The molecule has 0 atom stereocenters. The minimum absolute atomic E-state index is 0.0361. The van der Waals surface area contributed by atoms with Crippen LogP contribution >= 0.6 is 0 Å². The van der Waals surface area contributed by atoms with Gasteiger partial charge >= 0.3 is 0 Å². The Morgan fingerprint density at radius 3 is 2.48 bits per heavy atom. The third-order valence-corrected chi connectivity index (χ3v) is 5.11. The molecule has 1 aromatic carbocycles. The fourth-order valence-corrected chi connectivity index (χ4v) is 3.12. The molecule has 0 bridgehead atoms. The van der Waals surface area contributed by atoms with Gasteiger partial charge in [-0.2, -0.15) is 0 Å². The van der Waals surface area contributed by atoms with Crippen molar-refractivity contribution in [2.24, 2.45) is 11.1 Å². The SMILES string of the molecule is CCC(CC)(CN)C(=O)NCC(=O)N1CCc2ccccc2C1. The van der Waals surface area contributed by atoms with E-state index in [2.05, 4.69) is 17.4 Å². The Bertz CT molecular complexity index is 559. The molecule has 0 saturated heterocycles. The van der Waals surface area contributed by atoms with Gasteiger partial charge in [0.05, 0.1) is 12.0 Å². The van der Waals surface area contributed by atoms with Gasteiger partial charge in [-0.05, 0) is 30.4 Å². The number of nitrogens with zero attached hydrogens (tertiary/aromatic N) is 1. The van der Waals surface area contributed by atoms with Crippen LogP contribution in [0.15, 0.2) is 24.3 Å². The summed E-state index contributed by atoms with van der Waals surface area (Å²) in [4.78, 5) is 26.6. The molecule has 3 N–H and O–H groups in total. The minimum atomic E-state index is -0.561. The predicted octanol–water partition coefficient (Wildman–Crippen LogP) is 1.45. The van der Waals surface area contributed by atoms with Crippen molar-refractivity contribution >= 4 is 11.8 Å². The lowest BCUT2D eigenvalue weighted by Gasteiger charge is -2.31. The number of amides is 2. The summed E-state index contributed by atoms with van der Waals surface area (Å²) in [5.74, 6) is -0.151. The van der Waals surface area contributed by atoms with Gasteiger partial charge in [-0.15, -0.1) is 0 Å². The third-order valence-electron chi connectivity index (χ3n) is 5.11. The largest absolute Gasteiger partial charge is 0.347 e. The number of fused-ring (bicyclic) bond motifs is 1. The molecule has 0 aromatic heterocycles. The molecule has 0 radical (unpaired) electrons. The molecule has 1 aromatic rings. The molecule has 5 nitrogen and oxygen atoms in total. The molecule has 1 heterocycles. The second kappa shape index (κ2) is 7.59. The first-order valence-corrected chi connectivity index (χ1v) is 8.39. The Labute approximate surface area is 138 Å². The van der Waals surface area contributed by atoms with Crippen LogP contribution in [0.5, 0.6) is 0 Å². The third kappa shape index (κ3) is 3.72. The lowest BCUT2D eigenvalue weighted by Crippen LogP contribution is -2.49. The van der Waals surface area contributed by atoms with Crippen LogP contribution in [0.2, 0.25) is 0 Å². The molecule has 2 rings (SSSR count). The van der Waals surface area contributed by atoms with Gasteiger partial charge in [0, 0.05) is 19.6 Å². The van der Waals surface area contributed by atoms with Crippen molar-refractivity contribution in [3.63, 3.8) is 0 Å². The maximum Gasteiger partial charge on any atom is 0.242 e. The van der Waals surface area contributed by atoms with Crippen LogP contribution in [-0.2, 0) is 22.6 Å². The Balaban J connectivity index is 1.92. The minimum Gasteiger partial charge on any atom is -0.347 e. The van der Waals surface area contributed by atoms with Crippen LogP contribution in [0, 0.1) is 5.41 Å². The van der Waals surface area contributed by atoms with Gasteiger partial charge in [0.2, 0.25) is 11.8 Å². The van der Waals surface area contributed by atoms with Crippen molar-refractivity contribution in [2.45, 2.75) is 39.7 Å². The molecule has 0 spiro atoms. The first-order chi connectivity index (χ1) is 11.1. The molecule has 23 heavy (non-hydrogen) atoms. The summed E-state index contributed by atoms with van der Waals surface area (Å²) in [5.41, 5.74) is 7.71. The number of rotatable bonds is 6. The van der Waals surface area contributed by atoms with E-state index in [1.807, 2.05) is 30.9 Å². The van der Waals surface area contributed by atoms with Crippen molar-refractivity contribution in [1.29, 1.82) is 0 Å². The van der Waals surface area contributed by atoms with Gasteiger partial charge < -0.3 is 16.0 Å². The maximum absolute atomic E-state index is 12.4. The van der Waals surface area contributed by atoms with E-state index in [0.29, 0.717) is 32.5 Å². The van der Waals surface area contributed by atoms with Gasteiger partial charge in [0.15, 0.2) is 0 Å². The molecular formula is C18H27N3O2. The summed E-state index contributed by atoms with van der Waals surface area (Å²) in [6.07, 6.45) is 2.22. The topological polar surface area (TPSA) is 75.4 Å². The Kier molecular flexibility index (Phi) is 5.77. The lowest BCUT2D eigenvalue weighted by atomic mass is 9.81. The van der Waals surface area contributed by atoms with Crippen LogP contribution < -0.4 is 11.1 Å². The second-order valence-electron chi connectivity index (χ2n) is 6.21. The highest BCUT2D eigenvalue weighted by atomic mass is 16.2. The van der Waals surface area contributed by atoms with E-state index in [4.69, 9.17) is 5.73 Å². The van der Waals surface area contributed by atoms with Crippen molar-refractivity contribution in [3.05, 3.63) is 35.4 Å². The van der Waals surface area contributed by atoms with Gasteiger partial charge in [-0.1, -0.05) is 38.1 Å². The highest BCUT2D eigenvalue weighted by Crippen LogP contribution is 2.25. The quantitative estimate of drug-likeness (QED) is 0.834. The normalized spacial score (nSPS) is 14.3. The van der Waals surface area contributed by atoms with Gasteiger partial charge in [-0.25, -0.2) is 0 Å². The van der Waals surface area contributed by atoms with E-state index in [-0.39, 0.29) is 18.4 Å². The molecule has 1 aliphatic heterocycles. The number of benzene rings is 1. The summed E-state index contributed by atoms with van der Waals surface area (Å²) >= 11 is 0. The Morgan fingerprint density at radius 1 is 1.22 bits per heavy atom. The predicted molar refractivity (Wildman–Crippen MR) is 90.6 cm³/mol. The maximum atomic E-state index is 12.4. The van der Waals surface area contributed by atoms with Gasteiger partial charge in [0.1, 0.15) is 0 Å². The summed E-state index contributed by atoms with van der Waals surface area (Å²) in [5, 5.41) is 2.79. The number of nitrogens with two attached hydrogens (primary N) is 1. The number of carbonyl (C=O) groups is 2. The first kappa shape index (κ1) is 17.5. The average molecular weight is 317 g/mol. The van der Waals surface area contributed by atoms with E-state index in [1.165, 1.54) is 11.1 Å². The number of nitrogens with one attached hydrogen (secondary N) is 1. The fourth-order valence-electron chi connectivity index (χ4n) is 3.12.